The molecule has 0 bridgehead atoms. The van der Waals surface area contributed by atoms with Crippen molar-refractivity contribution in [1.82, 2.24) is 10.3 Å². The Labute approximate surface area is 93.6 Å². The van der Waals surface area contributed by atoms with Gasteiger partial charge in [-0.1, -0.05) is 22.3 Å². The summed E-state index contributed by atoms with van der Waals surface area (Å²) in [7, 11) is 0. The van der Waals surface area contributed by atoms with Gasteiger partial charge in [-0.05, 0) is 25.1 Å². The van der Waals surface area contributed by atoms with Crippen LogP contribution in [0.4, 0.5) is 5.69 Å². The fourth-order valence-corrected chi connectivity index (χ4v) is 1.31. The molecule has 0 saturated heterocycles. The van der Waals surface area contributed by atoms with Crippen molar-refractivity contribution < 1.29 is 4.63 Å². The number of hydrogen-bond donors (Lipinski definition) is 1. The van der Waals surface area contributed by atoms with Gasteiger partial charge in [0, 0.05) is 11.3 Å². The van der Waals surface area contributed by atoms with Crippen molar-refractivity contribution in [3.8, 4) is 12.3 Å². The average Bonchev–Trinajstić information content (AvgIpc) is 2.72. The van der Waals surface area contributed by atoms with Crippen molar-refractivity contribution in [1.29, 1.82) is 0 Å². The van der Waals surface area contributed by atoms with E-state index in [0.29, 0.717) is 6.54 Å². The second-order valence-corrected chi connectivity index (χ2v) is 3.38. The first kappa shape index (κ1) is 10.2. The van der Waals surface area contributed by atoms with E-state index < -0.39 is 0 Å². The van der Waals surface area contributed by atoms with Gasteiger partial charge < -0.3 is 5.32 Å². The van der Waals surface area contributed by atoms with Gasteiger partial charge in [-0.2, -0.15) is 0 Å². The van der Waals surface area contributed by atoms with E-state index in [1.807, 2.05) is 31.2 Å². The molecule has 0 fully saturated rings. The molecule has 0 aliphatic rings. The highest BCUT2D eigenvalue weighted by molar-refractivity contribution is 5.50. The molecule has 2 aromatic rings. The molecule has 80 valence electrons. The van der Waals surface area contributed by atoms with Crippen LogP contribution in [0.3, 0.4) is 0 Å². The fourth-order valence-electron chi connectivity index (χ4n) is 1.31. The molecule has 4 heteroatoms. The van der Waals surface area contributed by atoms with Crippen LogP contribution in [0.5, 0.6) is 0 Å². The van der Waals surface area contributed by atoms with Crippen LogP contribution in [0.2, 0.25) is 0 Å². The number of nitrogens with zero attached hydrogens (tertiary/aromatic N) is 2. The van der Waals surface area contributed by atoms with E-state index in [4.69, 9.17) is 6.42 Å². The lowest BCUT2D eigenvalue weighted by molar-refractivity contribution is 0.301. The lowest BCUT2D eigenvalue weighted by Gasteiger charge is -2.04. The van der Waals surface area contributed by atoms with Crippen molar-refractivity contribution in [3.05, 3.63) is 41.2 Å². The number of aromatic nitrogens is 2. The Hall–Kier alpha value is -2.28. The van der Waals surface area contributed by atoms with Gasteiger partial charge in [0.15, 0.2) is 0 Å². The highest BCUT2D eigenvalue weighted by atomic mass is 16.6. The first-order chi connectivity index (χ1) is 7.79. The summed E-state index contributed by atoms with van der Waals surface area (Å²) < 4.78 is 4.61. The SMILES string of the molecule is C#Cc1cccc(NCc2nonc2C)c1. The lowest BCUT2D eigenvalue weighted by Crippen LogP contribution is -2.01. The van der Waals surface area contributed by atoms with Gasteiger partial charge in [-0.25, -0.2) is 4.63 Å². The zero-order chi connectivity index (χ0) is 11.4. The largest absolute Gasteiger partial charge is 0.379 e. The molecule has 0 radical (unpaired) electrons. The quantitative estimate of drug-likeness (QED) is 0.792. The van der Waals surface area contributed by atoms with Gasteiger partial charge in [0.1, 0.15) is 11.4 Å². The third-order valence-corrected chi connectivity index (χ3v) is 2.24. The molecule has 1 aromatic heterocycles. The third-order valence-electron chi connectivity index (χ3n) is 2.24. The molecular weight excluding hydrogens is 202 g/mol. The zero-order valence-electron chi connectivity index (χ0n) is 8.90. The average molecular weight is 213 g/mol. The number of benzene rings is 1. The standard InChI is InChI=1S/C12H11N3O/c1-3-10-5-4-6-11(7-10)13-8-12-9(2)14-16-15-12/h1,4-7,13H,8H2,2H3. The number of hydrogen-bond acceptors (Lipinski definition) is 4. The maximum atomic E-state index is 5.32. The Morgan fingerprint density at radius 3 is 3.00 bits per heavy atom. The highest BCUT2D eigenvalue weighted by Gasteiger charge is 2.04. The van der Waals surface area contributed by atoms with Gasteiger partial charge in [-0.3, -0.25) is 0 Å². The molecule has 1 aromatic carbocycles. The minimum Gasteiger partial charge on any atom is -0.379 e. The summed E-state index contributed by atoms with van der Waals surface area (Å²) in [6.07, 6.45) is 5.32. The second-order valence-electron chi connectivity index (χ2n) is 3.38. The summed E-state index contributed by atoms with van der Waals surface area (Å²) in [4.78, 5) is 0. The van der Waals surface area contributed by atoms with Crippen molar-refractivity contribution in [2.45, 2.75) is 13.5 Å². The number of rotatable bonds is 3. The van der Waals surface area contributed by atoms with E-state index in [0.717, 1.165) is 22.6 Å². The lowest BCUT2D eigenvalue weighted by atomic mass is 10.2. The van der Waals surface area contributed by atoms with Crippen LogP contribution in [0.15, 0.2) is 28.9 Å². The Balaban J connectivity index is 2.05. The topological polar surface area (TPSA) is 51.0 Å². The van der Waals surface area contributed by atoms with Gasteiger partial charge >= 0.3 is 0 Å². The molecule has 4 nitrogen and oxygen atoms in total. The molecule has 0 aliphatic heterocycles. The molecule has 0 saturated carbocycles. The monoisotopic (exact) mass is 213 g/mol. The molecule has 0 unspecified atom stereocenters. The molecule has 0 amide bonds. The van der Waals surface area contributed by atoms with Crippen LogP contribution in [-0.2, 0) is 6.54 Å². The van der Waals surface area contributed by atoms with Crippen LogP contribution in [0.1, 0.15) is 17.0 Å². The van der Waals surface area contributed by atoms with E-state index in [1.165, 1.54) is 0 Å². The van der Waals surface area contributed by atoms with E-state index >= 15 is 0 Å². The maximum Gasteiger partial charge on any atom is 0.127 e. The van der Waals surface area contributed by atoms with Crippen LogP contribution in [0, 0.1) is 19.3 Å². The highest BCUT2D eigenvalue weighted by Crippen LogP contribution is 2.11. The molecule has 1 N–H and O–H groups in total. The van der Waals surface area contributed by atoms with E-state index in [9.17, 15) is 0 Å². The normalized spacial score (nSPS) is 9.75. The van der Waals surface area contributed by atoms with Crippen molar-refractivity contribution in [3.63, 3.8) is 0 Å². The third kappa shape index (κ3) is 2.20. The van der Waals surface area contributed by atoms with Gasteiger partial charge in [0.2, 0.25) is 0 Å². The maximum absolute atomic E-state index is 5.32. The second kappa shape index (κ2) is 4.49. The van der Waals surface area contributed by atoms with Gasteiger partial charge in [-0.15, -0.1) is 6.42 Å². The Kier molecular flexibility index (Phi) is 2.88. The molecule has 2 rings (SSSR count). The van der Waals surface area contributed by atoms with Crippen molar-refractivity contribution in [2.75, 3.05) is 5.32 Å². The van der Waals surface area contributed by atoms with Gasteiger partial charge in [0.05, 0.1) is 6.54 Å². The van der Waals surface area contributed by atoms with E-state index in [-0.39, 0.29) is 0 Å². The fraction of sp³-hybridized carbons (Fsp3) is 0.167. The molecule has 0 spiro atoms. The minimum atomic E-state index is 0.573. The summed E-state index contributed by atoms with van der Waals surface area (Å²) in [5.41, 5.74) is 3.39. The first-order valence-corrected chi connectivity index (χ1v) is 4.88. The van der Waals surface area contributed by atoms with Crippen LogP contribution < -0.4 is 5.32 Å². The summed E-state index contributed by atoms with van der Waals surface area (Å²) >= 11 is 0. The molecular formula is C12H11N3O. The van der Waals surface area contributed by atoms with Crippen LogP contribution in [-0.4, -0.2) is 10.3 Å². The summed E-state index contributed by atoms with van der Waals surface area (Å²) in [5.74, 6) is 2.59. The predicted molar refractivity (Wildman–Crippen MR) is 60.7 cm³/mol. The Bertz CT molecular complexity index is 525. The van der Waals surface area contributed by atoms with Gasteiger partial charge in [0.25, 0.3) is 0 Å². The molecule has 1 heterocycles. The van der Waals surface area contributed by atoms with E-state index in [2.05, 4.69) is 26.2 Å². The molecule has 0 atom stereocenters. The number of terminal acetylenes is 1. The number of aryl methyl sites for hydroxylation is 1. The molecule has 0 aliphatic carbocycles. The smallest absolute Gasteiger partial charge is 0.127 e. The number of anilines is 1. The molecule has 16 heavy (non-hydrogen) atoms. The first-order valence-electron chi connectivity index (χ1n) is 4.88. The van der Waals surface area contributed by atoms with Crippen molar-refractivity contribution >= 4 is 5.69 Å². The van der Waals surface area contributed by atoms with Crippen LogP contribution in [0.25, 0.3) is 0 Å². The predicted octanol–water partition coefficient (Wildman–Crippen LogP) is 1.97. The minimum absolute atomic E-state index is 0.573. The van der Waals surface area contributed by atoms with E-state index in [1.54, 1.807) is 0 Å². The summed E-state index contributed by atoms with van der Waals surface area (Å²) in [6, 6.07) is 7.64. The summed E-state index contributed by atoms with van der Waals surface area (Å²) in [5, 5.41) is 10.7. The summed E-state index contributed by atoms with van der Waals surface area (Å²) in [6.45, 7) is 2.43. The number of nitrogens with one attached hydrogen (secondary N) is 1. The zero-order valence-corrected chi connectivity index (χ0v) is 8.90. The Morgan fingerprint density at radius 1 is 1.44 bits per heavy atom. The van der Waals surface area contributed by atoms with Crippen LogP contribution >= 0.6 is 0 Å². The Morgan fingerprint density at radius 2 is 2.31 bits per heavy atom. The van der Waals surface area contributed by atoms with Crippen molar-refractivity contribution in [2.24, 2.45) is 0 Å².